The van der Waals surface area contributed by atoms with Gasteiger partial charge in [0.05, 0.1) is 0 Å². The van der Waals surface area contributed by atoms with Crippen LogP contribution in [0.4, 0.5) is 0 Å². The smallest absolute Gasteiger partial charge is 0.0205 e. The highest BCUT2D eigenvalue weighted by atomic mass is 14.9. The minimum atomic E-state index is 0.525. The van der Waals surface area contributed by atoms with Gasteiger partial charge in [0.25, 0.3) is 0 Å². The Morgan fingerprint density at radius 2 is 1.74 bits per heavy atom. The van der Waals surface area contributed by atoms with E-state index in [1.54, 1.807) is 0 Å². The monoisotopic (exact) mass is 260 g/mol. The van der Waals surface area contributed by atoms with Gasteiger partial charge in [-0.25, -0.2) is 0 Å². The number of rotatable bonds is 8. The van der Waals surface area contributed by atoms with Crippen LogP contribution >= 0.6 is 0 Å². The van der Waals surface area contributed by atoms with Gasteiger partial charge >= 0.3 is 0 Å². The first-order valence-corrected chi connectivity index (χ1v) is 7.71. The summed E-state index contributed by atoms with van der Waals surface area (Å²) in [6.45, 7) is 5.52. The van der Waals surface area contributed by atoms with Crippen molar-refractivity contribution in [3.05, 3.63) is 35.4 Å². The van der Waals surface area contributed by atoms with E-state index in [1.807, 2.05) is 0 Å². The molecule has 0 atom stereocenters. The Morgan fingerprint density at radius 1 is 1.05 bits per heavy atom. The van der Waals surface area contributed by atoms with Crippen molar-refractivity contribution in [3.8, 4) is 0 Å². The summed E-state index contributed by atoms with van der Waals surface area (Å²) in [6.07, 6.45) is 6.56. The van der Waals surface area contributed by atoms with Crippen molar-refractivity contribution in [1.82, 2.24) is 10.6 Å². The summed E-state index contributed by atoms with van der Waals surface area (Å²) < 4.78 is 0. The van der Waals surface area contributed by atoms with Gasteiger partial charge in [-0.15, -0.1) is 0 Å². The van der Waals surface area contributed by atoms with Gasteiger partial charge in [0.1, 0.15) is 0 Å². The molecule has 0 saturated heterocycles. The molecule has 1 aromatic rings. The fraction of sp³-hybridized carbons (Fsp3) is 0.647. The molecule has 2 nitrogen and oxygen atoms in total. The van der Waals surface area contributed by atoms with E-state index in [9.17, 15) is 0 Å². The topological polar surface area (TPSA) is 24.1 Å². The Hall–Kier alpha value is -0.860. The molecular weight excluding hydrogens is 232 g/mol. The number of aryl methyl sites for hydroxylation is 1. The fourth-order valence-electron chi connectivity index (χ4n) is 3.05. The van der Waals surface area contributed by atoms with Crippen molar-refractivity contribution in [1.29, 1.82) is 0 Å². The highest BCUT2D eigenvalue weighted by Crippen LogP contribution is 2.39. The minimum absolute atomic E-state index is 0.525. The van der Waals surface area contributed by atoms with E-state index in [0.29, 0.717) is 5.41 Å². The zero-order valence-corrected chi connectivity index (χ0v) is 12.5. The minimum Gasteiger partial charge on any atom is -0.319 e. The molecule has 0 amide bonds. The van der Waals surface area contributed by atoms with E-state index in [2.05, 4.69) is 48.9 Å². The van der Waals surface area contributed by atoms with Crippen LogP contribution in [0.5, 0.6) is 0 Å². The first kappa shape index (κ1) is 14.5. The average Bonchev–Trinajstić information content (AvgIpc) is 2.38. The van der Waals surface area contributed by atoms with Gasteiger partial charge in [-0.2, -0.15) is 0 Å². The lowest BCUT2D eigenvalue weighted by atomic mass is 9.68. The molecule has 0 aromatic heterocycles. The Kier molecular flexibility index (Phi) is 5.41. The second kappa shape index (κ2) is 7.06. The molecule has 1 fully saturated rings. The lowest BCUT2D eigenvalue weighted by Gasteiger charge is -2.42. The molecule has 1 saturated carbocycles. The second-order valence-corrected chi connectivity index (χ2v) is 6.05. The van der Waals surface area contributed by atoms with Gasteiger partial charge in [0.15, 0.2) is 0 Å². The first-order chi connectivity index (χ1) is 9.28. The summed E-state index contributed by atoms with van der Waals surface area (Å²) >= 11 is 0. The Labute approximate surface area is 118 Å². The van der Waals surface area contributed by atoms with Crippen LogP contribution in [-0.4, -0.2) is 20.1 Å². The van der Waals surface area contributed by atoms with Crippen LogP contribution in [0.2, 0.25) is 0 Å². The number of nitrogens with one attached hydrogen (secondary N) is 2. The molecule has 1 aliphatic rings. The van der Waals surface area contributed by atoms with E-state index >= 15 is 0 Å². The highest BCUT2D eigenvalue weighted by molar-refractivity contribution is 5.22. The van der Waals surface area contributed by atoms with Crippen molar-refractivity contribution in [3.63, 3.8) is 0 Å². The average molecular weight is 260 g/mol. The summed E-state index contributed by atoms with van der Waals surface area (Å²) in [4.78, 5) is 0. The maximum Gasteiger partial charge on any atom is 0.0205 e. The van der Waals surface area contributed by atoms with Crippen molar-refractivity contribution in [2.45, 2.75) is 45.6 Å². The molecule has 2 N–H and O–H groups in total. The van der Waals surface area contributed by atoms with Crippen LogP contribution in [0.25, 0.3) is 0 Å². The Morgan fingerprint density at radius 3 is 2.26 bits per heavy atom. The van der Waals surface area contributed by atoms with Gasteiger partial charge in [0.2, 0.25) is 0 Å². The Bertz CT molecular complexity index is 365. The lowest BCUT2D eigenvalue weighted by molar-refractivity contribution is 0.130. The molecule has 2 rings (SSSR count). The molecule has 0 heterocycles. The molecule has 1 aliphatic carbocycles. The van der Waals surface area contributed by atoms with E-state index in [-0.39, 0.29) is 0 Å². The SMILES string of the molecule is CCCc1ccc(CNCC2(CNC)CCC2)cc1. The van der Waals surface area contributed by atoms with Crippen LogP contribution < -0.4 is 10.6 Å². The van der Waals surface area contributed by atoms with Crippen LogP contribution in [0.15, 0.2) is 24.3 Å². The summed E-state index contributed by atoms with van der Waals surface area (Å²) in [7, 11) is 2.06. The predicted molar refractivity (Wildman–Crippen MR) is 82.4 cm³/mol. The predicted octanol–water partition coefficient (Wildman–Crippen LogP) is 3.12. The van der Waals surface area contributed by atoms with Gasteiger partial charge in [0, 0.05) is 19.6 Å². The van der Waals surface area contributed by atoms with Gasteiger partial charge < -0.3 is 10.6 Å². The summed E-state index contributed by atoms with van der Waals surface area (Å²) in [5, 5.41) is 6.98. The molecule has 1 aromatic carbocycles. The third kappa shape index (κ3) is 4.05. The molecule has 106 valence electrons. The largest absolute Gasteiger partial charge is 0.319 e. The van der Waals surface area contributed by atoms with Crippen LogP contribution in [0, 0.1) is 5.41 Å². The van der Waals surface area contributed by atoms with E-state index < -0.39 is 0 Å². The maximum atomic E-state index is 3.64. The van der Waals surface area contributed by atoms with E-state index in [1.165, 1.54) is 43.2 Å². The fourth-order valence-corrected chi connectivity index (χ4v) is 3.05. The number of hydrogen-bond acceptors (Lipinski definition) is 2. The van der Waals surface area contributed by atoms with Gasteiger partial charge in [-0.05, 0) is 42.9 Å². The van der Waals surface area contributed by atoms with Gasteiger partial charge in [-0.1, -0.05) is 44.0 Å². The van der Waals surface area contributed by atoms with Crippen molar-refractivity contribution in [2.24, 2.45) is 5.41 Å². The molecule has 0 spiro atoms. The molecular formula is C17H28N2. The summed E-state index contributed by atoms with van der Waals surface area (Å²) in [5.74, 6) is 0. The van der Waals surface area contributed by atoms with Crippen LogP contribution in [0.1, 0.15) is 43.7 Å². The van der Waals surface area contributed by atoms with Crippen LogP contribution in [-0.2, 0) is 13.0 Å². The summed E-state index contributed by atoms with van der Waals surface area (Å²) in [6, 6.07) is 9.08. The maximum absolute atomic E-state index is 3.64. The zero-order chi connectivity index (χ0) is 13.6. The zero-order valence-electron chi connectivity index (χ0n) is 12.5. The Balaban J connectivity index is 1.75. The molecule has 0 bridgehead atoms. The van der Waals surface area contributed by atoms with E-state index in [4.69, 9.17) is 0 Å². The quantitative estimate of drug-likeness (QED) is 0.750. The lowest BCUT2D eigenvalue weighted by Crippen LogP contribution is -2.46. The van der Waals surface area contributed by atoms with Gasteiger partial charge in [-0.3, -0.25) is 0 Å². The normalized spacial score (nSPS) is 17.2. The van der Waals surface area contributed by atoms with Crippen molar-refractivity contribution >= 4 is 0 Å². The third-order valence-electron chi connectivity index (χ3n) is 4.36. The molecule has 19 heavy (non-hydrogen) atoms. The standard InChI is InChI=1S/C17H28N2/c1-3-5-15-6-8-16(9-7-15)12-19-14-17(13-18-2)10-4-11-17/h6-9,18-19H,3-5,10-14H2,1-2H3. The molecule has 0 aliphatic heterocycles. The van der Waals surface area contributed by atoms with Crippen molar-refractivity contribution in [2.75, 3.05) is 20.1 Å². The molecule has 2 heteroatoms. The first-order valence-electron chi connectivity index (χ1n) is 7.71. The highest BCUT2D eigenvalue weighted by Gasteiger charge is 2.35. The van der Waals surface area contributed by atoms with E-state index in [0.717, 1.165) is 19.6 Å². The third-order valence-corrected chi connectivity index (χ3v) is 4.36. The summed E-state index contributed by atoms with van der Waals surface area (Å²) in [5.41, 5.74) is 3.38. The van der Waals surface area contributed by atoms with Crippen LogP contribution in [0.3, 0.4) is 0 Å². The number of hydrogen-bond donors (Lipinski definition) is 2. The number of benzene rings is 1. The molecule has 0 unspecified atom stereocenters. The molecule has 0 radical (unpaired) electrons. The van der Waals surface area contributed by atoms with Crippen molar-refractivity contribution < 1.29 is 0 Å². The second-order valence-electron chi connectivity index (χ2n) is 6.05.